The van der Waals surface area contributed by atoms with Crippen LogP contribution in [0.1, 0.15) is 22.3 Å². The van der Waals surface area contributed by atoms with Gasteiger partial charge < -0.3 is 14.6 Å². The van der Waals surface area contributed by atoms with Crippen molar-refractivity contribution < 1.29 is 9.53 Å². The molecule has 2 rings (SSSR count). The Labute approximate surface area is 120 Å². The van der Waals surface area contributed by atoms with E-state index >= 15 is 0 Å². The fraction of sp³-hybridized carbons (Fsp3) is 0.286. The normalized spacial score (nSPS) is 10.3. The van der Waals surface area contributed by atoms with E-state index in [1.165, 1.54) is 4.57 Å². The molecular formula is C14H16N2O3S. The number of anilines is 1. The van der Waals surface area contributed by atoms with E-state index in [1.807, 2.05) is 6.92 Å². The highest BCUT2D eigenvalue weighted by Crippen LogP contribution is 2.18. The van der Waals surface area contributed by atoms with Crippen LogP contribution in [0.3, 0.4) is 0 Å². The summed E-state index contributed by atoms with van der Waals surface area (Å²) in [5.41, 5.74) is 1.34. The summed E-state index contributed by atoms with van der Waals surface area (Å²) in [5.74, 6) is 0.486. The molecule has 0 radical (unpaired) electrons. The van der Waals surface area contributed by atoms with Crippen LogP contribution in [0.15, 0.2) is 29.1 Å². The first-order valence-corrected chi connectivity index (χ1v) is 7.05. The largest absolute Gasteiger partial charge is 0.494 e. The van der Waals surface area contributed by atoms with E-state index in [1.54, 1.807) is 38.2 Å². The van der Waals surface area contributed by atoms with Gasteiger partial charge >= 0.3 is 4.87 Å². The topological polar surface area (TPSA) is 60.3 Å². The molecule has 0 saturated carbocycles. The van der Waals surface area contributed by atoms with Crippen molar-refractivity contribution in [2.45, 2.75) is 13.8 Å². The molecule has 0 saturated heterocycles. The third-order valence-corrected chi connectivity index (χ3v) is 4.06. The van der Waals surface area contributed by atoms with Crippen LogP contribution in [-0.2, 0) is 7.05 Å². The lowest BCUT2D eigenvalue weighted by molar-refractivity contribution is 0.102. The molecule has 0 atom stereocenters. The average molecular weight is 292 g/mol. The fourth-order valence-electron chi connectivity index (χ4n) is 1.72. The number of hydrogen-bond acceptors (Lipinski definition) is 4. The minimum absolute atomic E-state index is 0.139. The van der Waals surface area contributed by atoms with Crippen LogP contribution >= 0.6 is 11.3 Å². The van der Waals surface area contributed by atoms with E-state index in [0.29, 0.717) is 22.9 Å². The highest BCUT2D eigenvalue weighted by atomic mass is 32.1. The summed E-state index contributed by atoms with van der Waals surface area (Å²) in [7, 11) is 1.65. The molecule has 20 heavy (non-hydrogen) atoms. The first-order chi connectivity index (χ1) is 9.52. The zero-order valence-electron chi connectivity index (χ0n) is 11.6. The molecule has 1 amide bonds. The van der Waals surface area contributed by atoms with Gasteiger partial charge in [-0.2, -0.15) is 0 Å². The van der Waals surface area contributed by atoms with Gasteiger partial charge in [0.1, 0.15) is 10.6 Å². The SMILES string of the molecule is CCOc1ccc(NC(=O)c2sc(=O)n(C)c2C)cc1. The van der Waals surface area contributed by atoms with E-state index in [2.05, 4.69) is 5.32 Å². The minimum Gasteiger partial charge on any atom is -0.494 e. The maximum atomic E-state index is 12.1. The number of nitrogens with one attached hydrogen (secondary N) is 1. The second-order valence-corrected chi connectivity index (χ2v) is 5.21. The van der Waals surface area contributed by atoms with Crippen LogP contribution in [0.4, 0.5) is 5.69 Å². The third-order valence-electron chi connectivity index (χ3n) is 2.92. The molecule has 0 bridgehead atoms. The average Bonchev–Trinajstić information content (AvgIpc) is 2.69. The summed E-state index contributed by atoms with van der Waals surface area (Å²) in [5, 5.41) is 2.77. The standard InChI is InChI=1S/C14H16N2O3S/c1-4-19-11-7-5-10(6-8-11)15-13(17)12-9(2)16(3)14(18)20-12/h5-8H,4H2,1-3H3,(H,15,17). The molecule has 2 aromatic rings. The van der Waals surface area contributed by atoms with Gasteiger partial charge in [0.05, 0.1) is 6.61 Å². The van der Waals surface area contributed by atoms with Crippen molar-refractivity contribution in [3.63, 3.8) is 0 Å². The van der Waals surface area contributed by atoms with Crippen molar-refractivity contribution in [1.82, 2.24) is 4.57 Å². The smallest absolute Gasteiger partial charge is 0.307 e. The summed E-state index contributed by atoms with van der Waals surface area (Å²) in [6.07, 6.45) is 0. The summed E-state index contributed by atoms with van der Waals surface area (Å²) in [6.45, 7) is 4.27. The molecule has 106 valence electrons. The van der Waals surface area contributed by atoms with Gasteiger partial charge in [0.25, 0.3) is 5.91 Å². The van der Waals surface area contributed by atoms with Gasteiger partial charge in [-0.15, -0.1) is 0 Å². The monoisotopic (exact) mass is 292 g/mol. The van der Waals surface area contributed by atoms with Crippen LogP contribution in [0.2, 0.25) is 0 Å². The number of aromatic nitrogens is 1. The molecule has 0 aliphatic rings. The Balaban J connectivity index is 2.15. The highest BCUT2D eigenvalue weighted by Gasteiger charge is 2.15. The number of carbonyl (C=O) groups is 1. The van der Waals surface area contributed by atoms with Gasteiger partial charge in [-0.1, -0.05) is 11.3 Å². The van der Waals surface area contributed by atoms with Crippen molar-refractivity contribution in [2.24, 2.45) is 7.05 Å². The van der Waals surface area contributed by atoms with Crippen LogP contribution in [-0.4, -0.2) is 17.1 Å². The molecule has 1 N–H and O–H groups in total. The molecule has 0 aliphatic heterocycles. The van der Waals surface area contributed by atoms with Crippen LogP contribution in [0.5, 0.6) is 5.75 Å². The number of nitrogens with zero attached hydrogens (tertiary/aromatic N) is 1. The molecule has 5 nitrogen and oxygen atoms in total. The second-order valence-electron chi connectivity index (χ2n) is 4.25. The van der Waals surface area contributed by atoms with E-state index in [4.69, 9.17) is 4.74 Å². The quantitative estimate of drug-likeness (QED) is 0.941. The lowest BCUT2D eigenvalue weighted by atomic mass is 10.3. The zero-order valence-corrected chi connectivity index (χ0v) is 12.4. The zero-order chi connectivity index (χ0) is 14.7. The van der Waals surface area contributed by atoms with Crippen molar-refractivity contribution in [3.8, 4) is 5.75 Å². The van der Waals surface area contributed by atoms with Gasteiger partial charge in [0.2, 0.25) is 0 Å². The number of ether oxygens (including phenoxy) is 1. The summed E-state index contributed by atoms with van der Waals surface area (Å²) >= 11 is 0.950. The highest BCUT2D eigenvalue weighted by molar-refractivity contribution is 7.11. The Kier molecular flexibility index (Phi) is 4.24. The Morgan fingerprint density at radius 1 is 1.35 bits per heavy atom. The molecule has 6 heteroatoms. The second kappa shape index (κ2) is 5.92. The summed E-state index contributed by atoms with van der Waals surface area (Å²) in [6, 6.07) is 7.12. The minimum atomic E-state index is -0.269. The van der Waals surface area contributed by atoms with Crippen molar-refractivity contribution in [2.75, 3.05) is 11.9 Å². The van der Waals surface area contributed by atoms with Gasteiger partial charge in [0, 0.05) is 18.4 Å². The number of carbonyl (C=O) groups excluding carboxylic acids is 1. The molecule has 0 fully saturated rings. The fourth-order valence-corrected chi connectivity index (χ4v) is 2.60. The first-order valence-electron chi connectivity index (χ1n) is 6.23. The Morgan fingerprint density at radius 2 is 2.00 bits per heavy atom. The predicted molar refractivity (Wildman–Crippen MR) is 79.9 cm³/mol. The molecule has 0 aliphatic carbocycles. The summed E-state index contributed by atoms with van der Waals surface area (Å²) in [4.78, 5) is 23.9. The number of rotatable bonds is 4. The maximum absolute atomic E-state index is 12.1. The van der Waals surface area contributed by atoms with E-state index in [0.717, 1.165) is 17.1 Å². The molecule has 1 aromatic carbocycles. The third kappa shape index (κ3) is 2.91. The van der Waals surface area contributed by atoms with Crippen LogP contribution in [0.25, 0.3) is 0 Å². The van der Waals surface area contributed by atoms with E-state index in [9.17, 15) is 9.59 Å². The molecule has 1 heterocycles. The van der Waals surface area contributed by atoms with E-state index in [-0.39, 0.29) is 10.8 Å². The number of hydrogen-bond donors (Lipinski definition) is 1. The first kappa shape index (κ1) is 14.3. The van der Waals surface area contributed by atoms with Gasteiger partial charge in [-0.05, 0) is 38.1 Å². The molecule has 0 spiro atoms. The Hall–Kier alpha value is -2.08. The van der Waals surface area contributed by atoms with Crippen molar-refractivity contribution in [3.05, 3.63) is 44.5 Å². The van der Waals surface area contributed by atoms with E-state index < -0.39 is 0 Å². The summed E-state index contributed by atoms with van der Waals surface area (Å²) < 4.78 is 6.80. The Morgan fingerprint density at radius 3 is 2.50 bits per heavy atom. The predicted octanol–water partition coefficient (Wildman–Crippen LogP) is 2.41. The molecule has 1 aromatic heterocycles. The van der Waals surface area contributed by atoms with Gasteiger partial charge in [-0.3, -0.25) is 9.59 Å². The van der Waals surface area contributed by atoms with Crippen molar-refractivity contribution in [1.29, 1.82) is 0 Å². The lowest BCUT2D eigenvalue weighted by Crippen LogP contribution is -2.12. The Bertz CT molecular complexity index is 671. The number of thiazole rings is 1. The van der Waals surface area contributed by atoms with Crippen LogP contribution in [0, 0.1) is 6.92 Å². The van der Waals surface area contributed by atoms with Gasteiger partial charge in [0.15, 0.2) is 0 Å². The van der Waals surface area contributed by atoms with Crippen molar-refractivity contribution >= 4 is 22.9 Å². The number of amides is 1. The van der Waals surface area contributed by atoms with Crippen LogP contribution < -0.4 is 14.9 Å². The number of benzene rings is 1. The lowest BCUT2D eigenvalue weighted by Gasteiger charge is -2.06. The maximum Gasteiger partial charge on any atom is 0.307 e. The molecule has 0 unspecified atom stereocenters. The molecular weight excluding hydrogens is 276 g/mol. The van der Waals surface area contributed by atoms with Gasteiger partial charge in [-0.25, -0.2) is 0 Å².